The van der Waals surface area contributed by atoms with Crippen LogP contribution >= 0.6 is 11.6 Å². The molecule has 5 nitrogen and oxygen atoms in total. The molecule has 0 radical (unpaired) electrons. The van der Waals surface area contributed by atoms with Gasteiger partial charge in [0.05, 0.1) is 16.8 Å². The maximum absolute atomic E-state index is 12.1. The van der Waals surface area contributed by atoms with Gasteiger partial charge in [0.2, 0.25) is 0 Å². The number of nitrogens with one attached hydrogen (secondary N) is 1. The van der Waals surface area contributed by atoms with Gasteiger partial charge >= 0.3 is 6.03 Å². The predicted octanol–water partition coefficient (Wildman–Crippen LogP) is 2.64. The lowest BCUT2D eigenvalue weighted by Crippen LogP contribution is -2.38. The van der Waals surface area contributed by atoms with Crippen molar-refractivity contribution in [1.82, 2.24) is 4.90 Å². The Morgan fingerprint density at radius 1 is 1.43 bits per heavy atom. The van der Waals surface area contributed by atoms with E-state index in [1.54, 1.807) is 13.1 Å². The number of amides is 2. The zero-order chi connectivity index (χ0) is 15.6. The van der Waals surface area contributed by atoms with Gasteiger partial charge in [0.15, 0.2) is 0 Å². The molecule has 0 saturated heterocycles. The summed E-state index contributed by atoms with van der Waals surface area (Å²) in [6, 6.07) is 5.14. The third kappa shape index (κ3) is 4.25. The van der Waals surface area contributed by atoms with Crippen LogP contribution in [0.2, 0.25) is 5.02 Å². The summed E-state index contributed by atoms with van der Waals surface area (Å²) in [6.45, 7) is 0.347. The van der Waals surface area contributed by atoms with Gasteiger partial charge in [-0.3, -0.25) is 0 Å². The maximum atomic E-state index is 12.1. The number of likely N-dealkylation sites (N-methyl/N-ethyl adjacent to an activating group) is 1. The van der Waals surface area contributed by atoms with Crippen LogP contribution in [0.15, 0.2) is 18.2 Å². The van der Waals surface area contributed by atoms with Gasteiger partial charge in [-0.2, -0.15) is 0 Å². The van der Waals surface area contributed by atoms with E-state index in [-0.39, 0.29) is 6.03 Å². The number of hydrogen-bond acceptors (Lipinski definition) is 3. The zero-order valence-electron chi connectivity index (χ0n) is 12.6. The highest BCUT2D eigenvalue weighted by Gasteiger charge is 2.31. The molecule has 1 saturated carbocycles. The Hall–Kier alpha value is -1.46. The Balaban J connectivity index is 1.93. The molecule has 116 valence electrons. The van der Waals surface area contributed by atoms with Gasteiger partial charge in [-0.15, -0.1) is 0 Å². The third-order valence-corrected chi connectivity index (χ3v) is 3.96. The lowest BCUT2D eigenvalue weighted by molar-refractivity contribution is 0.117. The first-order chi connectivity index (χ1) is 9.88. The van der Waals surface area contributed by atoms with Crippen molar-refractivity contribution in [3.63, 3.8) is 0 Å². The number of urea groups is 1. The summed E-state index contributed by atoms with van der Waals surface area (Å²) in [5, 5.41) is 13.2. The molecular formula is C15H22ClN3O2. The van der Waals surface area contributed by atoms with Crippen molar-refractivity contribution in [3.8, 4) is 0 Å². The summed E-state index contributed by atoms with van der Waals surface area (Å²) in [5.41, 5.74) is 1.54. The number of benzene rings is 1. The first-order valence-corrected chi connectivity index (χ1v) is 7.43. The molecule has 1 aliphatic rings. The minimum atomic E-state index is -0.430. The number of carbonyl (C=O) groups is 1. The van der Waals surface area contributed by atoms with Crippen LogP contribution < -0.4 is 10.2 Å². The molecule has 0 heterocycles. The van der Waals surface area contributed by atoms with Gasteiger partial charge in [0, 0.05) is 33.4 Å². The van der Waals surface area contributed by atoms with Gasteiger partial charge in [0.1, 0.15) is 0 Å². The average Bonchev–Trinajstić information content (AvgIpc) is 3.22. The van der Waals surface area contributed by atoms with E-state index in [9.17, 15) is 9.90 Å². The highest BCUT2D eigenvalue weighted by Crippen LogP contribution is 2.32. The maximum Gasteiger partial charge on any atom is 0.321 e. The molecular weight excluding hydrogens is 290 g/mol. The second-order valence-corrected chi connectivity index (χ2v) is 6.18. The van der Waals surface area contributed by atoms with Gasteiger partial charge in [0.25, 0.3) is 0 Å². The summed E-state index contributed by atoms with van der Waals surface area (Å²) in [7, 11) is 5.50. The van der Waals surface area contributed by atoms with Crippen molar-refractivity contribution >= 4 is 29.0 Å². The van der Waals surface area contributed by atoms with Crippen LogP contribution in [-0.4, -0.2) is 49.8 Å². The van der Waals surface area contributed by atoms with E-state index in [1.165, 1.54) is 4.90 Å². The quantitative estimate of drug-likeness (QED) is 0.879. The molecule has 1 fully saturated rings. The van der Waals surface area contributed by atoms with Gasteiger partial charge in [-0.25, -0.2) is 4.79 Å². The van der Waals surface area contributed by atoms with Crippen LogP contribution in [0.4, 0.5) is 16.2 Å². The number of carbonyl (C=O) groups excluding carboxylic acids is 1. The summed E-state index contributed by atoms with van der Waals surface area (Å²) < 4.78 is 0. The van der Waals surface area contributed by atoms with Crippen LogP contribution in [0.25, 0.3) is 0 Å². The Morgan fingerprint density at radius 2 is 2.10 bits per heavy atom. The fourth-order valence-electron chi connectivity index (χ4n) is 2.16. The fraction of sp³-hybridized carbons (Fsp3) is 0.533. The predicted molar refractivity (Wildman–Crippen MR) is 86.2 cm³/mol. The summed E-state index contributed by atoms with van der Waals surface area (Å²) in [4.78, 5) is 15.5. The van der Waals surface area contributed by atoms with Crippen molar-refractivity contribution in [3.05, 3.63) is 23.2 Å². The monoisotopic (exact) mass is 311 g/mol. The van der Waals surface area contributed by atoms with Crippen LogP contribution in [0.5, 0.6) is 0 Å². The molecule has 0 bridgehead atoms. The van der Waals surface area contributed by atoms with Gasteiger partial charge in [-0.1, -0.05) is 11.6 Å². The molecule has 1 aromatic carbocycles. The molecule has 21 heavy (non-hydrogen) atoms. The average molecular weight is 312 g/mol. The highest BCUT2D eigenvalue weighted by molar-refractivity contribution is 6.33. The van der Waals surface area contributed by atoms with Crippen LogP contribution in [-0.2, 0) is 0 Å². The molecule has 2 rings (SSSR count). The second-order valence-electron chi connectivity index (χ2n) is 5.78. The van der Waals surface area contributed by atoms with E-state index in [0.29, 0.717) is 23.2 Å². The lowest BCUT2D eigenvalue weighted by atomic mass is 10.2. The van der Waals surface area contributed by atoms with Gasteiger partial charge < -0.3 is 20.2 Å². The first kappa shape index (κ1) is 15.9. The Morgan fingerprint density at radius 3 is 2.62 bits per heavy atom. The van der Waals surface area contributed by atoms with E-state index >= 15 is 0 Å². The number of rotatable bonds is 5. The van der Waals surface area contributed by atoms with Crippen molar-refractivity contribution in [2.45, 2.75) is 18.9 Å². The number of anilines is 2. The lowest BCUT2D eigenvalue weighted by Gasteiger charge is -2.21. The number of hydrogen-bond donors (Lipinski definition) is 2. The second kappa shape index (κ2) is 6.54. The van der Waals surface area contributed by atoms with Crippen LogP contribution in [0.3, 0.4) is 0 Å². The van der Waals surface area contributed by atoms with Crippen molar-refractivity contribution in [2.24, 2.45) is 5.92 Å². The molecule has 0 spiro atoms. The van der Waals surface area contributed by atoms with Crippen molar-refractivity contribution in [1.29, 1.82) is 0 Å². The molecule has 0 aromatic heterocycles. The number of nitrogens with zero attached hydrogens (tertiary/aromatic N) is 2. The van der Waals surface area contributed by atoms with E-state index in [2.05, 4.69) is 5.32 Å². The topological polar surface area (TPSA) is 55.8 Å². The summed E-state index contributed by atoms with van der Waals surface area (Å²) in [6.07, 6.45) is 1.68. The normalized spacial score (nSPS) is 15.5. The first-order valence-electron chi connectivity index (χ1n) is 7.05. The fourth-order valence-corrected chi connectivity index (χ4v) is 2.51. The Kier molecular flexibility index (Phi) is 4.96. The van der Waals surface area contributed by atoms with Crippen LogP contribution in [0.1, 0.15) is 12.8 Å². The van der Waals surface area contributed by atoms with Crippen LogP contribution in [0, 0.1) is 5.92 Å². The van der Waals surface area contributed by atoms with E-state index in [1.807, 2.05) is 31.1 Å². The standard InChI is InChI=1S/C15H22ClN3O2/c1-18(2)13-7-6-11(8-12(13)16)17-15(21)19(3)9-14(20)10-4-5-10/h6-8,10,14,20H,4-5,9H2,1-3H3,(H,17,21). The van der Waals surface area contributed by atoms with E-state index in [4.69, 9.17) is 11.6 Å². The number of halogens is 1. The molecule has 1 aromatic rings. The van der Waals surface area contributed by atoms with Crippen molar-refractivity contribution < 1.29 is 9.90 Å². The molecule has 1 aliphatic carbocycles. The third-order valence-electron chi connectivity index (χ3n) is 3.65. The highest BCUT2D eigenvalue weighted by atomic mass is 35.5. The van der Waals surface area contributed by atoms with E-state index < -0.39 is 6.10 Å². The smallest absolute Gasteiger partial charge is 0.321 e. The summed E-state index contributed by atoms with van der Waals surface area (Å²) in [5.74, 6) is 0.356. The molecule has 2 amide bonds. The summed E-state index contributed by atoms with van der Waals surface area (Å²) >= 11 is 6.17. The van der Waals surface area contributed by atoms with Gasteiger partial charge in [-0.05, 0) is 37.0 Å². The molecule has 1 unspecified atom stereocenters. The SMILES string of the molecule is CN(CC(O)C1CC1)C(=O)Nc1ccc(N(C)C)c(Cl)c1. The zero-order valence-corrected chi connectivity index (χ0v) is 13.4. The number of aliphatic hydroxyl groups excluding tert-OH is 1. The Bertz CT molecular complexity index is 518. The number of aliphatic hydroxyl groups is 1. The Labute approximate surface area is 130 Å². The van der Waals surface area contributed by atoms with Crippen molar-refractivity contribution in [2.75, 3.05) is 37.9 Å². The molecule has 6 heteroatoms. The van der Waals surface area contributed by atoms with E-state index in [0.717, 1.165) is 18.5 Å². The minimum absolute atomic E-state index is 0.247. The largest absolute Gasteiger partial charge is 0.391 e. The molecule has 0 aliphatic heterocycles. The molecule has 2 N–H and O–H groups in total. The molecule has 1 atom stereocenters. The minimum Gasteiger partial charge on any atom is -0.391 e.